The summed E-state index contributed by atoms with van der Waals surface area (Å²) in [4.78, 5) is 24.6. The van der Waals surface area contributed by atoms with E-state index in [9.17, 15) is 9.59 Å². The minimum Gasteiger partial charge on any atom is -0.497 e. The van der Waals surface area contributed by atoms with E-state index in [4.69, 9.17) is 9.47 Å². The molecule has 0 radical (unpaired) electrons. The number of para-hydroxylation sites is 1. The third-order valence-corrected chi connectivity index (χ3v) is 4.04. The molecule has 0 fully saturated rings. The average Bonchev–Trinajstić information content (AvgIpc) is 2.72. The first kappa shape index (κ1) is 19.2. The SMILES string of the molecule is COc1ccc(OCCNC(=O)c2nn(-c3ccccc3)c(C)cc2=O)cc1. The van der Waals surface area contributed by atoms with Gasteiger partial charge in [-0.3, -0.25) is 9.59 Å². The van der Waals surface area contributed by atoms with Crippen molar-refractivity contribution >= 4 is 5.91 Å². The Hall–Kier alpha value is -3.61. The van der Waals surface area contributed by atoms with Gasteiger partial charge in [0.2, 0.25) is 5.43 Å². The molecule has 1 amide bonds. The number of nitrogens with one attached hydrogen (secondary N) is 1. The van der Waals surface area contributed by atoms with Gasteiger partial charge >= 0.3 is 0 Å². The first-order valence-corrected chi connectivity index (χ1v) is 8.80. The van der Waals surface area contributed by atoms with Crippen molar-refractivity contribution in [2.45, 2.75) is 6.92 Å². The highest BCUT2D eigenvalue weighted by Crippen LogP contribution is 2.16. The van der Waals surface area contributed by atoms with E-state index in [0.29, 0.717) is 11.4 Å². The molecule has 1 heterocycles. The van der Waals surface area contributed by atoms with Crippen LogP contribution < -0.4 is 20.2 Å². The van der Waals surface area contributed by atoms with Crippen LogP contribution in [0.2, 0.25) is 0 Å². The first-order valence-electron chi connectivity index (χ1n) is 8.80. The van der Waals surface area contributed by atoms with Gasteiger partial charge in [-0.1, -0.05) is 18.2 Å². The van der Waals surface area contributed by atoms with E-state index in [-0.39, 0.29) is 18.8 Å². The Morgan fingerprint density at radius 1 is 1.07 bits per heavy atom. The number of amides is 1. The number of hydrogen-bond donors (Lipinski definition) is 1. The molecule has 0 unspecified atom stereocenters. The Morgan fingerprint density at radius 2 is 1.75 bits per heavy atom. The number of nitrogens with zero attached hydrogens (tertiary/aromatic N) is 2. The second kappa shape index (κ2) is 8.85. The second-order valence-corrected chi connectivity index (χ2v) is 6.03. The molecule has 7 nitrogen and oxygen atoms in total. The molecule has 28 heavy (non-hydrogen) atoms. The molecule has 0 atom stereocenters. The number of hydrogen-bond acceptors (Lipinski definition) is 5. The summed E-state index contributed by atoms with van der Waals surface area (Å²) in [6, 6.07) is 17.9. The molecule has 7 heteroatoms. The van der Waals surface area contributed by atoms with Gasteiger partial charge in [-0.25, -0.2) is 4.68 Å². The highest BCUT2D eigenvalue weighted by atomic mass is 16.5. The molecule has 0 aliphatic carbocycles. The van der Waals surface area contributed by atoms with Crippen LogP contribution >= 0.6 is 0 Å². The molecule has 0 saturated heterocycles. The fraction of sp³-hybridized carbons (Fsp3) is 0.190. The minimum absolute atomic E-state index is 0.154. The van der Waals surface area contributed by atoms with Crippen molar-refractivity contribution in [1.82, 2.24) is 15.1 Å². The Balaban J connectivity index is 1.63. The summed E-state index contributed by atoms with van der Waals surface area (Å²) in [6.07, 6.45) is 0. The number of benzene rings is 2. The fourth-order valence-corrected chi connectivity index (χ4v) is 2.62. The van der Waals surface area contributed by atoms with E-state index in [1.165, 1.54) is 6.07 Å². The van der Waals surface area contributed by atoms with Crippen molar-refractivity contribution in [2.24, 2.45) is 0 Å². The second-order valence-electron chi connectivity index (χ2n) is 6.03. The molecule has 144 valence electrons. The van der Waals surface area contributed by atoms with E-state index in [1.807, 2.05) is 30.3 Å². The third kappa shape index (κ3) is 4.56. The lowest BCUT2D eigenvalue weighted by molar-refractivity contribution is 0.0939. The molecule has 3 aromatic rings. The highest BCUT2D eigenvalue weighted by molar-refractivity contribution is 5.92. The topological polar surface area (TPSA) is 82.4 Å². The first-order chi connectivity index (χ1) is 13.6. The summed E-state index contributed by atoms with van der Waals surface area (Å²) in [5.41, 5.74) is 0.852. The number of methoxy groups -OCH3 is 1. The largest absolute Gasteiger partial charge is 0.497 e. The minimum atomic E-state index is -0.534. The molecule has 0 spiro atoms. The predicted octanol–water partition coefficient (Wildman–Crippen LogP) is 2.36. The Kier molecular flexibility index (Phi) is 6.06. The van der Waals surface area contributed by atoms with Gasteiger partial charge in [0.15, 0.2) is 5.69 Å². The summed E-state index contributed by atoms with van der Waals surface area (Å²) in [5, 5.41) is 6.90. The molecule has 0 saturated carbocycles. The maximum Gasteiger partial charge on any atom is 0.275 e. The Bertz CT molecular complexity index is 998. The lowest BCUT2D eigenvalue weighted by Gasteiger charge is -2.11. The van der Waals surface area contributed by atoms with Crippen molar-refractivity contribution in [3.63, 3.8) is 0 Å². The van der Waals surface area contributed by atoms with Gasteiger partial charge in [0.25, 0.3) is 5.91 Å². The summed E-state index contributed by atoms with van der Waals surface area (Å²) < 4.78 is 12.2. The quantitative estimate of drug-likeness (QED) is 0.637. The van der Waals surface area contributed by atoms with Gasteiger partial charge in [0, 0.05) is 11.8 Å². The van der Waals surface area contributed by atoms with Gasteiger partial charge in [-0.05, 0) is 43.3 Å². The zero-order valence-corrected chi connectivity index (χ0v) is 15.7. The highest BCUT2D eigenvalue weighted by Gasteiger charge is 2.15. The average molecular weight is 379 g/mol. The molecule has 1 aromatic heterocycles. The van der Waals surface area contributed by atoms with Gasteiger partial charge in [-0.2, -0.15) is 5.10 Å². The molecule has 1 N–H and O–H groups in total. The van der Waals surface area contributed by atoms with Gasteiger partial charge < -0.3 is 14.8 Å². The van der Waals surface area contributed by atoms with Crippen molar-refractivity contribution in [3.05, 3.63) is 82.3 Å². The molecular formula is C21H21N3O4. The summed E-state index contributed by atoms with van der Waals surface area (Å²) in [6.45, 7) is 2.27. The Morgan fingerprint density at radius 3 is 2.43 bits per heavy atom. The molecule has 0 aliphatic rings. The monoisotopic (exact) mass is 379 g/mol. The van der Waals surface area contributed by atoms with Crippen LogP contribution in [0.4, 0.5) is 0 Å². The molecule has 0 bridgehead atoms. The smallest absolute Gasteiger partial charge is 0.275 e. The van der Waals surface area contributed by atoms with Crippen molar-refractivity contribution in [3.8, 4) is 17.2 Å². The van der Waals surface area contributed by atoms with Crippen LogP contribution in [0.1, 0.15) is 16.2 Å². The summed E-state index contributed by atoms with van der Waals surface area (Å²) in [5.74, 6) is 0.865. The zero-order chi connectivity index (χ0) is 19.9. The molecule has 3 rings (SSSR count). The number of carbonyl (C=O) groups excluding carboxylic acids is 1. The fourth-order valence-electron chi connectivity index (χ4n) is 2.62. The molecular weight excluding hydrogens is 358 g/mol. The van der Waals surface area contributed by atoms with Crippen LogP contribution in [-0.4, -0.2) is 35.9 Å². The van der Waals surface area contributed by atoms with Crippen molar-refractivity contribution < 1.29 is 14.3 Å². The van der Waals surface area contributed by atoms with Gasteiger partial charge in [0.1, 0.15) is 18.1 Å². The number of ether oxygens (including phenoxy) is 2. The summed E-state index contributed by atoms with van der Waals surface area (Å²) >= 11 is 0. The van der Waals surface area contributed by atoms with E-state index < -0.39 is 11.3 Å². The maximum absolute atomic E-state index is 12.4. The number of rotatable bonds is 7. The predicted molar refractivity (Wildman–Crippen MR) is 105 cm³/mol. The van der Waals surface area contributed by atoms with E-state index in [0.717, 1.165) is 11.4 Å². The van der Waals surface area contributed by atoms with Crippen LogP contribution in [0.3, 0.4) is 0 Å². The zero-order valence-electron chi connectivity index (χ0n) is 15.7. The van der Waals surface area contributed by atoms with E-state index >= 15 is 0 Å². The van der Waals surface area contributed by atoms with Crippen LogP contribution in [0, 0.1) is 6.92 Å². The standard InChI is InChI=1S/C21H21N3O4/c1-15-14-19(25)20(23-24(15)16-6-4-3-5-7-16)21(26)22-12-13-28-18-10-8-17(27-2)9-11-18/h3-11,14H,12-13H2,1-2H3,(H,22,26). The lowest BCUT2D eigenvalue weighted by atomic mass is 10.2. The van der Waals surface area contributed by atoms with Crippen LogP contribution in [0.15, 0.2) is 65.5 Å². The van der Waals surface area contributed by atoms with Crippen LogP contribution in [-0.2, 0) is 0 Å². The number of aromatic nitrogens is 2. The Labute approximate surface area is 162 Å². The third-order valence-electron chi connectivity index (χ3n) is 4.04. The van der Waals surface area contributed by atoms with E-state index in [2.05, 4.69) is 10.4 Å². The maximum atomic E-state index is 12.4. The van der Waals surface area contributed by atoms with Crippen molar-refractivity contribution in [2.75, 3.05) is 20.3 Å². The normalized spacial score (nSPS) is 10.4. The van der Waals surface area contributed by atoms with Crippen LogP contribution in [0.5, 0.6) is 11.5 Å². The summed E-state index contributed by atoms with van der Waals surface area (Å²) in [7, 11) is 1.59. The molecule has 0 aliphatic heterocycles. The van der Waals surface area contributed by atoms with Gasteiger partial charge in [-0.15, -0.1) is 0 Å². The number of carbonyl (C=O) groups is 1. The molecule has 2 aromatic carbocycles. The van der Waals surface area contributed by atoms with E-state index in [1.54, 1.807) is 43.0 Å². The number of aryl methyl sites for hydroxylation is 1. The van der Waals surface area contributed by atoms with Gasteiger partial charge in [0.05, 0.1) is 19.3 Å². The van der Waals surface area contributed by atoms with Crippen molar-refractivity contribution in [1.29, 1.82) is 0 Å². The van der Waals surface area contributed by atoms with Crippen LogP contribution in [0.25, 0.3) is 5.69 Å². The lowest BCUT2D eigenvalue weighted by Crippen LogP contribution is -2.34.